The standard InChI is InChI=1S/C38H47N2O4S2/c1-5-41-35-15-13-33(29-37(35)43-7-3)11-9-31-17-21-39(22-18-31)25-27-45-46-28-26-40-23-19-32(20-24-40)10-12-34-14-16-36(42-6-2)38(30-34)44-8-4/h9-23,29-30H,5-8,24-28H2,1-4H3/q+1/p+1. The van der Waals surface area contributed by atoms with Gasteiger partial charge < -0.3 is 23.8 Å². The molecule has 0 fully saturated rings. The van der Waals surface area contributed by atoms with Crippen molar-refractivity contribution in [1.82, 2.24) is 0 Å². The Morgan fingerprint density at radius 2 is 1.20 bits per heavy atom. The maximum absolute atomic E-state index is 5.76. The minimum atomic E-state index is 0.611. The number of hydrogen-bond donors (Lipinski definition) is 1. The van der Waals surface area contributed by atoms with Crippen molar-refractivity contribution in [2.24, 2.45) is 0 Å². The summed E-state index contributed by atoms with van der Waals surface area (Å²) in [6.07, 6.45) is 19.7. The first-order valence-corrected chi connectivity index (χ1v) is 18.7. The molecule has 1 aliphatic heterocycles. The van der Waals surface area contributed by atoms with Crippen molar-refractivity contribution in [2.75, 3.05) is 51.0 Å². The number of rotatable bonds is 19. The predicted octanol–water partition coefficient (Wildman–Crippen LogP) is 7.17. The van der Waals surface area contributed by atoms with Crippen LogP contribution in [0.1, 0.15) is 44.4 Å². The van der Waals surface area contributed by atoms with Crippen LogP contribution in [0.4, 0.5) is 0 Å². The van der Waals surface area contributed by atoms with Gasteiger partial charge in [-0.2, -0.15) is 0 Å². The lowest BCUT2D eigenvalue weighted by molar-refractivity contribution is -0.838. The van der Waals surface area contributed by atoms with Crippen LogP contribution in [0.2, 0.25) is 0 Å². The molecule has 46 heavy (non-hydrogen) atoms. The van der Waals surface area contributed by atoms with Crippen LogP contribution in [0, 0.1) is 0 Å². The zero-order valence-corrected chi connectivity index (χ0v) is 29.2. The fourth-order valence-corrected chi connectivity index (χ4v) is 6.85. The lowest BCUT2D eigenvalue weighted by atomic mass is 10.1. The lowest BCUT2D eigenvalue weighted by Crippen LogP contribution is -3.08. The molecule has 1 unspecified atom stereocenters. The van der Waals surface area contributed by atoms with Crippen LogP contribution in [0.25, 0.3) is 18.2 Å². The largest absolute Gasteiger partial charge is 0.490 e. The van der Waals surface area contributed by atoms with Gasteiger partial charge in [-0.3, -0.25) is 0 Å². The van der Waals surface area contributed by atoms with Gasteiger partial charge in [-0.05, 0) is 86.4 Å². The quantitative estimate of drug-likeness (QED) is 0.0836. The molecule has 1 N–H and O–H groups in total. The van der Waals surface area contributed by atoms with Crippen molar-refractivity contribution in [3.63, 3.8) is 0 Å². The minimum absolute atomic E-state index is 0.611. The highest BCUT2D eigenvalue weighted by atomic mass is 33.1. The summed E-state index contributed by atoms with van der Waals surface area (Å²) in [6, 6.07) is 16.5. The number of nitrogens with zero attached hydrogens (tertiary/aromatic N) is 1. The van der Waals surface area contributed by atoms with Crippen molar-refractivity contribution in [3.8, 4) is 23.0 Å². The molecule has 0 amide bonds. The van der Waals surface area contributed by atoms with E-state index in [9.17, 15) is 0 Å². The number of aryl methyl sites for hydroxylation is 1. The number of pyridine rings is 1. The maximum atomic E-state index is 5.76. The van der Waals surface area contributed by atoms with Gasteiger partial charge in [0.15, 0.2) is 41.9 Å². The van der Waals surface area contributed by atoms with E-state index in [1.54, 1.807) is 0 Å². The van der Waals surface area contributed by atoms with E-state index < -0.39 is 0 Å². The number of nitrogens with one attached hydrogen (secondary N) is 1. The highest BCUT2D eigenvalue weighted by Crippen LogP contribution is 2.30. The average molecular weight is 661 g/mol. The van der Waals surface area contributed by atoms with Crippen molar-refractivity contribution < 1.29 is 28.4 Å². The molecule has 4 rings (SSSR count). The second kappa shape index (κ2) is 19.8. The Hall–Kier alpha value is -3.59. The van der Waals surface area contributed by atoms with Gasteiger partial charge in [0.2, 0.25) is 0 Å². The molecule has 1 atom stereocenters. The van der Waals surface area contributed by atoms with Crippen LogP contribution in [-0.4, -0.2) is 51.0 Å². The molecular weight excluding hydrogens is 613 g/mol. The fourth-order valence-electron chi connectivity index (χ4n) is 4.80. The number of quaternary nitrogens is 1. The summed E-state index contributed by atoms with van der Waals surface area (Å²) in [6.45, 7) is 13.5. The van der Waals surface area contributed by atoms with Crippen LogP contribution in [0.3, 0.4) is 0 Å². The number of hydrogen-bond acceptors (Lipinski definition) is 6. The Morgan fingerprint density at radius 1 is 0.652 bits per heavy atom. The summed E-state index contributed by atoms with van der Waals surface area (Å²) in [5, 5.41) is 0. The molecule has 0 aliphatic carbocycles. The normalized spacial score (nSPS) is 14.5. The van der Waals surface area contributed by atoms with E-state index in [4.69, 9.17) is 18.9 Å². The molecule has 0 spiro atoms. The Kier molecular flexibility index (Phi) is 15.2. The van der Waals surface area contributed by atoms with Gasteiger partial charge in [-0.25, -0.2) is 4.57 Å². The molecule has 2 aromatic carbocycles. The van der Waals surface area contributed by atoms with Gasteiger partial charge in [0.25, 0.3) is 0 Å². The molecule has 244 valence electrons. The van der Waals surface area contributed by atoms with Crippen molar-refractivity contribution in [1.29, 1.82) is 0 Å². The van der Waals surface area contributed by atoms with E-state index in [-0.39, 0.29) is 0 Å². The first kappa shape index (κ1) is 35.3. The molecule has 8 heteroatoms. The summed E-state index contributed by atoms with van der Waals surface area (Å²) in [7, 11) is 3.91. The van der Waals surface area contributed by atoms with Crippen LogP contribution in [0.5, 0.6) is 23.0 Å². The summed E-state index contributed by atoms with van der Waals surface area (Å²) in [5.41, 5.74) is 4.60. The van der Waals surface area contributed by atoms with Crippen LogP contribution in [0.15, 0.2) is 90.9 Å². The van der Waals surface area contributed by atoms with Gasteiger partial charge in [-0.15, -0.1) is 0 Å². The Labute approximate surface area is 283 Å². The third-order valence-electron chi connectivity index (χ3n) is 7.12. The molecular formula is C38H48N2O4S2+2. The molecule has 0 saturated carbocycles. The zero-order valence-electron chi connectivity index (χ0n) is 27.6. The molecule has 0 radical (unpaired) electrons. The van der Waals surface area contributed by atoms with Gasteiger partial charge >= 0.3 is 0 Å². The van der Waals surface area contributed by atoms with Gasteiger partial charge in [0.1, 0.15) is 6.54 Å². The number of allylic oxidation sites excluding steroid dienone is 3. The first-order chi connectivity index (χ1) is 22.6. The van der Waals surface area contributed by atoms with Crippen LogP contribution >= 0.6 is 21.6 Å². The highest BCUT2D eigenvalue weighted by Gasteiger charge is 2.10. The summed E-state index contributed by atoms with van der Waals surface area (Å²) >= 11 is 0. The first-order valence-electron chi connectivity index (χ1n) is 16.2. The molecule has 6 nitrogen and oxygen atoms in total. The van der Waals surface area contributed by atoms with E-state index in [2.05, 4.69) is 83.9 Å². The molecule has 2 heterocycles. The number of benzene rings is 2. The Balaban J connectivity index is 1.12. The SMILES string of the molecule is CCOc1ccc(C=CC2=CC[NH+](CCSSCC[n+]3ccc(C=Cc4ccc(OCC)c(OCC)c4)cc3)C=C2)cc1OCC. The predicted molar refractivity (Wildman–Crippen MR) is 195 cm³/mol. The van der Waals surface area contributed by atoms with E-state index in [1.807, 2.05) is 73.5 Å². The fraction of sp³-hybridized carbons (Fsp3) is 0.342. The summed E-state index contributed by atoms with van der Waals surface area (Å²) < 4.78 is 25.1. The van der Waals surface area contributed by atoms with Crippen LogP contribution < -0.4 is 28.4 Å². The lowest BCUT2D eigenvalue weighted by Gasteiger charge is -2.16. The second-order valence-electron chi connectivity index (χ2n) is 10.5. The van der Waals surface area contributed by atoms with E-state index in [0.29, 0.717) is 26.4 Å². The van der Waals surface area contributed by atoms with Crippen molar-refractivity contribution in [3.05, 3.63) is 108 Å². The average Bonchev–Trinajstić information content (AvgIpc) is 3.08. The van der Waals surface area contributed by atoms with Gasteiger partial charge in [-0.1, -0.05) is 58.0 Å². The number of aromatic nitrogens is 1. The van der Waals surface area contributed by atoms with E-state index in [0.717, 1.165) is 65.3 Å². The monoisotopic (exact) mass is 660 g/mol. The van der Waals surface area contributed by atoms with Crippen molar-refractivity contribution >= 4 is 39.8 Å². The molecule has 3 aromatic rings. The second-order valence-corrected chi connectivity index (χ2v) is 13.2. The third-order valence-corrected chi connectivity index (χ3v) is 9.51. The minimum Gasteiger partial charge on any atom is -0.490 e. The topological polar surface area (TPSA) is 45.2 Å². The highest BCUT2D eigenvalue weighted by molar-refractivity contribution is 8.76. The smallest absolute Gasteiger partial charge is 0.169 e. The van der Waals surface area contributed by atoms with Crippen LogP contribution in [-0.2, 0) is 6.54 Å². The van der Waals surface area contributed by atoms with Crippen molar-refractivity contribution in [2.45, 2.75) is 34.2 Å². The molecule has 1 aromatic heterocycles. The Bertz CT molecular complexity index is 1480. The third kappa shape index (κ3) is 11.6. The van der Waals surface area contributed by atoms with Gasteiger partial charge in [0, 0.05) is 12.1 Å². The molecule has 0 bridgehead atoms. The summed E-state index contributed by atoms with van der Waals surface area (Å²) in [5.74, 6) is 5.37. The van der Waals surface area contributed by atoms with E-state index >= 15 is 0 Å². The molecule has 0 saturated heterocycles. The Morgan fingerprint density at radius 3 is 1.76 bits per heavy atom. The maximum Gasteiger partial charge on any atom is 0.169 e. The molecule has 1 aliphatic rings. The van der Waals surface area contributed by atoms with Gasteiger partial charge in [0.05, 0.1) is 50.7 Å². The number of ether oxygens (including phenoxy) is 4. The summed E-state index contributed by atoms with van der Waals surface area (Å²) in [4.78, 5) is 1.49. The van der Waals surface area contributed by atoms with E-state index in [1.165, 1.54) is 16.0 Å². The zero-order chi connectivity index (χ0) is 32.4.